The zero-order valence-corrected chi connectivity index (χ0v) is 43.9. The van der Waals surface area contributed by atoms with Gasteiger partial charge in [-0.1, -0.05) is 59.6 Å². The average Bonchev–Trinajstić information content (AvgIpc) is 3.81. The highest BCUT2D eigenvalue weighted by Gasteiger charge is 2.34. The van der Waals surface area contributed by atoms with Crippen LogP contribution < -0.4 is 42.9 Å². The number of aryl methyl sites for hydroxylation is 1. The molecule has 0 bridgehead atoms. The van der Waals surface area contributed by atoms with Crippen LogP contribution in [0.4, 0.5) is 21.2 Å². The number of carbonyl (C=O) groups excluding carboxylic acids is 2. The van der Waals surface area contributed by atoms with Crippen molar-refractivity contribution in [2.75, 3.05) is 36.0 Å². The molecule has 0 unspecified atom stereocenters. The Morgan fingerprint density at radius 1 is 0.658 bits per heavy atom. The van der Waals surface area contributed by atoms with Crippen molar-refractivity contribution in [3.63, 3.8) is 0 Å². The van der Waals surface area contributed by atoms with E-state index in [1.165, 1.54) is 18.7 Å². The summed E-state index contributed by atoms with van der Waals surface area (Å²) in [5, 5.41) is 27.3. The zero-order valence-electron chi connectivity index (χ0n) is 42.4. The van der Waals surface area contributed by atoms with Crippen LogP contribution in [-0.2, 0) is 43.7 Å². The number of nitriles is 2. The first kappa shape index (κ1) is 53.4. The Bertz CT molecular complexity index is 3450. The van der Waals surface area contributed by atoms with Crippen LogP contribution >= 0.6 is 23.2 Å². The smallest absolute Gasteiger partial charge is 0.407 e. The lowest BCUT2D eigenvalue weighted by atomic mass is 10.1. The third-order valence-electron chi connectivity index (χ3n) is 12.6. The molecule has 386 valence electrons. The summed E-state index contributed by atoms with van der Waals surface area (Å²) < 4.78 is 17.7. The number of hydrogen-bond donors (Lipinski definition) is 3. The van der Waals surface area contributed by atoms with E-state index >= 15 is 0 Å². The van der Waals surface area contributed by atoms with Crippen LogP contribution in [0, 0.1) is 22.7 Å². The van der Waals surface area contributed by atoms with E-state index in [9.17, 15) is 39.3 Å². The van der Waals surface area contributed by atoms with E-state index in [-0.39, 0.29) is 58.4 Å². The Labute approximate surface area is 430 Å². The number of alkyl carbamates (subject to hydrolysis) is 2. The predicted octanol–water partition coefficient (Wildman–Crippen LogP) is 6.20. The largest absolute Gasteiger partial charge is 0.444 e. The quantitative estimate of drug-likeness (QED) is 0.154. The maximum Gasteiger partial charge on any atom is 0.407 e. The molecule has 4 aromatic heterocycles. The number of hydrogen-bond acceptors (Lipinski definition) is 12. The number of nitrogens with zero attached hydrogens (tertiary/aromatic N) is 9. The van der Waals surface area contributed by atoms with E-state index in [2.05, 4.69) is 27.8 Å². The Kier molecular flexibility index (Phi) is 15.6. The molecular formula is C51H60Cl2N12O8. The van der Waals surface area contributed by atoms with Crippen molar-refractivity contribution >= 4 is 69.1 Å². The van der Waals surface area contributed by atoms with Crippen LogP contribution in [0.3, 0.4) is 0 Å². The normalized spacial score (nSPS) is 16.1. The number of piperidine rings is 2. The highest BCUT2D eigenvalue weighted by Crippen LogP contribution is 2.35. The predicted molar refractivity (Wildman–Crippen MR) is 280 cm³/mol. The summed E-state index contributed by atoms with van der Waals surface area (Å²) in [5.74, 6) is 1.02. The molecule has 2 atom stereocenters. The minimum atomic E-state index is -0.626. The number of amides is 2. The van der Waals surface area contributed by atoms with Crippen molar-refractivity contribution in [3.05, 3.63) is 123 Å². The molecule has 0 saturated carbocycles. The number of carbonyl (C=O) groups is 2. The fourth-order valence-electron chi connectivity index (χ4n) is 9.39. The van der Waals surface area contributed by atoms with Gasteiger partial charge in [0.2, 0.25) is 0 Å². The summed E-state index contributed by atoms with van der Waals surface area (Å²) >= 11 is 12.9. The van der Waals surface area contributed by atoms with Crippen LogP contribution in [0.1, 0.15) is 89.5 Å². The van der Waals surface area contributed by atoms with Gasteiger partial charge in [-0.15, -0.1) is 0 Å². The van der Waals surface area contributed by atoms with E-state index in [1.807, 2.05) is 46.2 Å². The van der Waals surface area contributed by atoms with Crippen LogP contribution in [-0.4, -0.2) is 89.5 Å². The van der Waals surface area contributed by atoms with Crippen molar-refractivity contribution < 1.29 is 19.1 Å². The molecule has 6 aromatic rings. The molecule has 2 aromatic carbocycles. The lowest BCUT2D eigenvalue weighted by Crippen LogP contribution is -2.49. The van der Waals surface area contributed by atoms with Gasteiger partial charge in [-0.25, -0.2) is 19.2 Å². The maximum absolute atomic E-state index is 13.4. The first-order valence-electron chi connectivity index (χ1n) is 23.9. The minimum absolute atomic E-state index is 0.190. The molecule has 3 N–H and O–H groups in total. The van der Waals surface area contributed by atoms with E-state index in [1.54, 1.807) is 69.9 Å². The number of fused-ring (bicyclic) bond motifs is 2. The van der Waals surface area contributed by atoms with Crippen LogP contribution in [0.15, 0.2) is 67.7 Å². The number of aromatic nitrogens is 6. The van der Waals surface area contributed by atoms with Crippen molar-refractivity contribution in [1.29, 1.82) is 10.5 Å². The summed E-state index contributed by atoms with van der Waals surface area (Å²) in [4.78, 5) is 83.3. The number of benzene rings is 2. The third kappa shape index (κ3) is 11.5. The third-order valence-corrected chi connectivity index (χ3v) is 13.3. The number of rotatable bonds is 8. The maximum atomic E-state index is 13.4. The van der Waals surface area contributed by atoms with Gasteiger partial charge in [0.1, 0.15) is 57.1 Å². The minimum Gasteiger partial charge on any atom is -0.444 e. The molecule has 22 heteroatoms. The summed E-state index contributed by atoms with van der Waals surface area (Å²) in [6, 6.07) is 18.6. The highest BCUT2D eigenvalue weighted by molar-refractivity contribution is 6.31. The lowest BCUT2D eigenvalue weighted by molar-refractivity contribution is 0.0488. The molecule has 6 heterocycles. The molecule has 2 saturated heterocycles. The number of H-pyrrole nitrogens is 1. The monoisotopic (exact) mass is 1040 g/mol. The van der Waals surface area contributed by atoms with Crippen LogP contribution in [0.25, 0.3) is 22.1 Å². The second-order valence-electron chi connectivity index (χ2n) is 20.3. The van der Waals surface area contributed by atoms with Gasteiger partial charge in [0.25, 0.3) is 11.1 Å². The van der Waals surface area contributed by atoms with Gasteiger partial charge in [0.05, 0.1) is 24.1 Å². The van der Waals surface area contributed by atoms with Crippen LogP contribution in [0.2, 0.25) is 10.0 Å². The Morgan fingerprint density at radius 2 is 1.10 bits per heavy atom. The van der Waals surface area contributed by atoms with E-state index in [4.69, 9.17) is 32.7 Å². The van der Waals surface area contributed by atoms with E-state index in [0.29, 0.717) is 47.9 Å². The topological polar surface area (TPSA) is 239 Å². The molecule has 8 rings (SSSR count). The van der Waals surface area contributed by atoms with Crippen LogP contribution in [0.5, 0.6) is 0 Å². The van der Waals surface area contributed by atoms with Gasteiger partial charge in [-0.3, -0.25) is 23.3 Å². The molecular weight excluding hydrogens is 980 g/mol. The second-order valence-corrected chi connectivity index (χ2v) is 21.1. The van der Waals surface area contributed by atoms with Gasteiger partial charge in [-0.2, -0.15) is 10.5 Å². The van der Waals surface area contributed by atoms with Gasteiger partial charge in [0.15, 0.2) is 0 Å². The molecule has 0 aliphatic carbocycles. The van der Waals surface area contributed by atoms with Gasteiger partial charge in [-0.05, 0) is 90.5 Å². The lowest BCUT2D eigenvalue weighted by Gasteiger charge is -2.35. The number of ether oxygens (including phenoxy) is 2. The summed E-state index contributed by atoms with van der Waals surface area (Å²) in [7, 11) is 4.36. The average molecular weight is 1040 g/mol. The van der Waals surface area contributed by atoms with Crippen molar-refractivity contribution in [2.24, 2.45) is 21.1 Å². The second kappa shape index (κ2) is 21.3. The number of halogens is 2. The summed E-state index contributed by atoms with van der Waals surface area (Å²) in [6.45, 7) is 13.3. The van der Waals surface area contributed by atoms with Crippen molar-refractivity contribution in [3.8, 4) is 12.1 Å². The standard InChI is InChI=1S/C26H31ClN6O4.C25H29ClN6O4/c1-26(2,3)37-24(35)29-17-10-8-12-32(15-17)22-18(13-28)20-21(23(34)31(5)25(36)30(20)4)33(22)14-16-9-6-7-11-19(16)27;1-25(2,3)36-24(35)28-16-9-7-11-31(14-16)21-17(12-27)19-20(22(33)30(4)23(34)29-19)32(21)13-15-8-5-6-10-18(15)26/h6-7,9,11,17H,8,10,12,14-15H2,1-5H3,(H,29,35);5-6,8,10,16H,7,9,11,13-14H2,1-4H3,(H,28,35)(H,29,34)/t17-;16-/m11/s1. The summed E-state index contributed by atoms with van der Waals surface area (Å²) in [6.07, 6.45) is 1.95. The molecule has 2 aliphatic heterocycles. The molecule has 0 spiro atoms. The molecule has 20 nitrogen and oxygen atoms in total. The molecule has 0 radical (unpaired) electrons. The summed E-state index contributed by atoms with van der Waals surface area (Å²) in [5.41, 5.74) is -0.484. The number of aromatic amines is 1. The first-order valence-corrected chi connectivity index (χ1v) is 24.6. The fourth-order valence-corrected chi connectivity index (χ4v) is 9.78. The zero-order chi connectivity index (χ0) is 53.3. The van der Waals surface area contributed by atoms with Gasteiger partial charge >= 0.3 is 23.6 Å². The fraction of sp³-hybridized carbons (Fsp3) is 0.451. The van der Waals surface area contributed by atoms with E-state index in [0.717, 1.165) is 45.9 Å². The Morgan fingerprint density at radius 3 is 1.55 bits per heavy atom. The first-order chi connectivity index (χ1) is 34.4. The van der Waals surface area contributed by atoms with Gasteiger partial charge in [0, 0.05) is 69.5 Å². The van der Waals surface area contributed by atoms with E-state index < -0.39 is 45.9 Å². The van der Waals surface area contributed by atoms with Crippen molar-refractivity contribution in [1.82, 2.24) is 38.5 Å². The molecule has 2 amide bonds. The number of anilines is 2. The molecule has 2 aliphatic rings. The Balaban J connectivity index is 0.000000214. The molecule has 2 fully saturated rings. The highest BCUT2D eigenvalue weighted by atomic mass is 35.5. The SMILES string of the molecule is Cn1c(=O)[nH]c2c(C#N)c(N3CCC[C@@H](NC(=O)OC(C)(C)C)C3)n(Cc3ccccc3Cl)c2c1=O.Cn1c(=O)c2c(c(C#N)c(N3CCC[C@@H](NC(=O)OC(C)(C)C)C3)n2Cc2ccccc2Cl)n(C)c1=O. The number of nitrogens with one attached hydrogen (secondary N) is 3. The molecule has 73 heavy (non-hydrogen) atoms. The van der Waals surface area contributed by atoms with Gasteiger partial charge < -0.3 is 44.0 Å². The Hall–Kier alpha value is -7.42. The van der Waals surface area contributed by atoms with Crippen molar-refractivity contribution in [2.45, 2.75) is 104 Å².